The number of hydrogen-bond acceptors (Lipinski definition) is 5. The Bertz CT molecular complexity index is 610. The largest absolute Gasteiger partial charge is 0.479 e. The molecule has 1 heterocycles. The van der Waals surface area contributed by atoms with Crippen molar-refractivity contribution in [2.45, 2.75) is 12.5 Å². The van der Waals surface area contributed by atoms with Crippen LogP contribution in [-0.4, -0.2) is 53.9 Å². The molecule has 0 aromatic carbocycles. The van der Waals surface area contributed by atoms with E-state index in [-0.39, 0.29) is 18.7 Å². The van der Waals surface area contributed by atoms with Gasteiger partial charge in [-0.1, -0.05) is 0 Å². The first-order valence-electron chi connectivity index (χ1n) is 6.12. The summed E-state index contributed by atoms with van der Waals surface area (Å²) >= 11 is 0. The molecule has 0 aliphatic carbocycles. The van der Waals surface area contributed by atoms with Crippen molar-refractivity contribution in [1.82, 2.24) is 20.4 Å². The van der Waals surface area contributed by atoms with Crippen molar-refractivity contribution in [3.63, 3.8) is 0 Å². The number of hydrogen-bond donors (Lipinski definition) is 3. The van der Waals surface area contributed by atoms with Crippen LogP contribution in [0.4, 0.5) is 4.79 Å². The van der Waals surface area contributed by atoms with Gasteiger partial charge in [-0.25, -0.2) is 18.0 Å². The second kappa shape index (κ2) is 7.07. The molecule has 0 aliphatic heterocycles. The van der Waals surface area contributed by atoms with Crippen LogP contribution in [0.2, 0.25) is 0 Å². The fourth-order valence-electron chi connectivity index (χ4n) is 1.60. The highest BCUT2D eigenvalue weighted by Gasteiger charge is 2.23. The molecule has 0 saturated carbocycles. The third-order valence-corrected chi connectivity index (χ3v) is 3.59. The van der Waals surface area contributed by atoms with Crippen LogP contribution in [-0.2, 0) is 21.7 Å². The predicted molar refractivity (Wildman–Crippen MR) is 74.4 cm³/mol. The molecule has 0 saturated heterocycles. The lowest BCUT2D eigenvalue weighted by molar-refractivity contribution is -0.139. The smallest absolute Gasteiger partial charge is 0.331 e. The maximum absolute atomic E-state index is 11.6. The van der Waals surface area contributed by atoms with Gasteiger partial charge in [-0.15, -0.1) is 0 Å². The number of aryl methyl sites for hydroxylation is 1. The molecular formula is C11H18N4O5S. The lowest BCUT2D eigenvalue weighted by Gasteiger charge is -2.13. The number of nitrogens with zero attached hydrogens (tertiary/aromatic N) is 2. The molecule has 9 nitrogen and oxygen atoms in total. The molecule has 1 atom stereocenters. The fourth-order valence-corrected chi connectivity index (χ4v) is 2.26. The third kappa shape index (κ3) is 6.25. The van der Waals surface area contributed by atoms with Crippen molar-refractivity contribution in [3.8, 4) is 0 Å². The van der Waals surface area contributed by atoms with E-state index >= 15 is 0 Å². The van der Waals surface area contributed by atoms with Gasteiger partial charge in [0.1, 0.15) is 9.84 Å². The number of urea groups is 1. The van der Waals surface area contributed by atoms with Gasteiger partial charge in [0, 0.05) is 31.6 Å². The molecule has 118 valence electrons. The number of amides is 2. The van der Waals surface area contributed by atoms with Gasteiger partial charge in [0.05, 0.1) is 11.9 Å². The van der Waals surface area contributed by atoms with Gasteiger partial charge in [0.15, 0.2) is 6.04 Å². The molecule has 2 amide bonds. The minimum Gasteiger partial charge on any atom is -0.479 e. The van der Waals surface area contributed by atoms with Gasteiger partial charge >= 0.3 is 12.0 Å². The number of carboxylic acids is 1. The summed E-state index contributed by atoms with van der Waals surface area (Å²) in [6.45, 7) is 0.137. The maximum atomic E-state index is 11.6. The molecule has 0 radical (unpaired) electrons. The Hall–Kier alpha value is -2.10. The average molecular weight is 318 g/mol. The van der Waals surface area contributed by atoms with Gasteiger partial charge in [-0.05, 0) is 6.42 Å². The third-order valence-electron chi connectivity index (χ3n) is 2.56. The van der Waals surface area contributed by atoms with Crippen LogP contribution in [0.1, 0.15) is 18.0 Å². The van der Waals surface area contributed by atoms with Crippen LogP contribution in [0.5, 0.6) is 0 Å². The Morgan fingerprint density at radius 2 is 2.14 bits per heavy atom. The van der Waals surface area contributed by atoms with Crippen molar-refractivity contribution in [3.05, 3.63) is 18.0 Å². The molecule has 3 N–H and O–H groups in total. The normalized spacial score (nSPS) is 12.7. The Balaban J connectivity index is 2.49. The van der Waals surface area contributed by atoms with Crippen LogP contribution < -0.4 is 10.6 Å². The molecule has 1 unspecified atom stereocenters. The Labute approximate surface area is 122 Å². The number of sulfone groups is 1. The topological polar surface area (TPSA) is 130 Å². The molecule has 10 heteroatoms. The van der Waals surface area contributed by atoms with Crippen molar-refractivity contribution >= 4 is 21.8 Å². The van der Waals surface area contributed by atoms with E-state index in [9.17, 15) is 18.0 Å². The second-order valence-corrected chi connectivity index (χ2v) is 6.86. The van der Waals surface area contributed by atoms with Gasteiger partial charge in [0.25, 0.3) is 0 Å². The first kappa shape index (κ1) is 17.0. The summed E-state index contributed by atoms with van der Waals surface area (Å²) in [6, 6.07) is -1.90. The highest BCUT2D eigenvalue weighted by Crippen LogP contribution is 2.11. The Morgan fingerprint density at radius 1 is 1.48 bits per heavy atom. The number of carbonyl (C=O) groups is 2. The minimum absolute atomic E-state index is 0.0434. The van der Waals surface area contributed by atoms with E-state index in [2.05, 4.69) is 15.7 Å². The molecule has 0 spiro atoms. The van der Waals surface area contributed by atoms with E-state index in [1.165, 1.54) is 17.1 Å². The molecule has 1 aromatic heterocycles. The molecule has 21 heavy (non-hydrogen) atoms. The van der Waals surface area contributed by atoms with Gasteiger partial charge in [0.2, 0.25) is 0 Å². The fraction of sp³-hybridized carbons (Fsp3) is 0.545. The maximum Gasteiger partial charge on any atom is 0.331 e. The predicted octanol–water partition coefficient (Wildman–Crippen LogP) is -0.720. The van der Waals surface area contributed by atoms with E-state index in [0.29, 0.717) is 5.56 Å². The molecule has 0 fully saturated rings. The van der Waals surface area contributed by atoms with E-state index in [1.54, 1.807) is 7.05 Å². The highest BCUT2D eigenvalue weighted by atomic mass is 32.2. The average Bonchev–Trinajstić information content (AvgIpc) is 2.76. The zero-order valence-corrected chi connectivity index (χ0v) is 12.6. The number of carboxylic acid groups (broad SMARTS) is 1. The summed E-state index contributed by atoms with van der Waals surface area (Å²) in [6.07, 6.45) is 4.21. The lowest BCUT2D eigenvalue weighted by atomic mass is 10.1. The van der Waals surface area contributed by atoms with Gasteiger partial charge in [-0.2, -0.15) is 5.10 Å². The first-order chi connectivity index (χ1) is 9.69. The monoisotopic (exact) mass is 318 g/mol. The van der Waals surface area contributed by atoms with Crippen molar-refractivity contribution in [1.29, 1.82) is 0 Å². The summed E-state index contributed by atoms with van der Waals surface area (Å²) in [5.41, 5.74) is 0.344. The van der Waals surface area contributed by atoms with E-state index in [4.69, 9.17) is 5.11 Å². The highest BCUT2D eigenvalue weighted by molar-refractivity contribution is 7.90. The SMILES string of the molecule is Cn1cc(C(NC(=O)NCCCS(C)(=O)=O)C(=O)O)cn1. The van der Waals surface area contributed by atoms with Crippen molar-refractivity contribution in [2.24, 2.45) is 7.05 Å². The zero-order valence-electron chi connectivity index (χ0n) is 11.7. The number of nitrogens with one attached hydrogen (secondary N) is 2. The van der Waals surface area contributed by atoms with Crippen LogP contribution >= 0.6 is 0 Å². The summed E-state index contributed by atoms with van der Waals surface area (Å²) < 4.78 is 23.3. The van der Waals surface area contributed by atoms with Crippen LogP contribution in [0.3, 0.4) is 0 Å². The number of carbonyl (C=O) groups excluding carboxylic acids is 1. The van der Waals surface area contributed by atoms with E-state index in [1.807, 2.05) is 0 Å². The zero-order chi connectivity index (χ0) is 16.0. The minimum atomic E-state index is -3.08. The molecule has 0 bridgehead atoms. The molecular weight excluding hydrogens is 300 g/mol. The summed E-state index contributed by atoms with van der Waals surface area (Å²) in [5, 5.41) is 17.7. The molecule has 1 rings (SSSR count). The Kier molecular flexibility index (Phi) is 5.70. The van der Waals surface area contributed by atoms with Gasteiger partial charge in [-0.3, -0.25) is 4.68 Å². The van der Waals surface area contributed by atoms with Crippen LogP contribution in [0.15, 0.2) is 12.4 Å². The quantitative estimate of drug-likeness (QED) is 0.569. The second-order valence-electron chi connectivity index (χ2n) is 4.60. The summed E-state index contributed by atoms with van der Waals surface area (Å²) in [4.78, 5) is 22.7. The summed E-state index contributed by atoms with van der Waals surface area (Å²) in [5.74, 6) is -1.26. The molecule has 0 aliphatic rings. The van der Waals surface area contributed by atoms with Crippen molar-refractivity contribution < 1.29 is 23.1 Å². The van der Waals surface area contributed by atoms with Crippen molar-refractivity contribution in [2.75, 3.05) is 18.6 Å². The van der Waals surface area contributed by atoms with Crippen LogP contribution in [0, 0.1) is 0 Å². The van der Waals surface area contributed by atoms with Crippen LogP contribution in [0.25, 0.3) is 0 Å². The number of aromatic nitrogens is 2. The molecule has 1 aromatic rings. The standard InChI is InChI=1S/C11H18N4O5S/c1-15-7-8(6-13-15)9(10(16)17)14-11(18)12-4-3-5-21(2,19)20/h6-7,9H,3-5H2,1-2H3,(H,16,17)(H2,12,14,18). The van der Waals surface area contributed by atoms with E-state index < -0.39 is 27.9 Å². The number of aliphatic carboxylic acids is 1. The number of rotatable bonds is 7. The summed E-state index contributed by atoms with van der Waals surface area (Å²) in [7, 11) is -1.44. The lowest BCUT2D eigenvalue weighted by Crippen LogP contribution is -2.41. The van der Waals surface area contributed by atoms with E-state index in [0.717, 1.165) is 6.26 Å². The Morgan fingerprint density at radius 3 is 2.62 bits per heavy atom. The van der Waals surface area contributed by atoms with Gasteiger partial charge < -0.3 is 15.7 Å². The first-order valence-corrected chi connectivity index (χ1v) is 8.18.